The van der Waals surface area contributed by atoms with Gasteiger partial charge < -0.3 is 15.2 Å². The molecule has 0 spiro atoms. The SMILES string of the molecule is Cc1ccc2nc(C(C)NC(=O)C3CCN(C(=O)C4CCC4)CC3)[nH]c2c1. The van der Waals surface area contributed by atoms with Crippen molar-refractivity contribution in [2.24, 2.45) is 11.8 Å². The number of likely N-dealkylation sites (tertiary alicyclic amines) is 1. The third kappa shape index (κ3) is 3.70. The van der Waals surface area contributed by atoms with E-state index in [9.17, 15) is 9.59 Å². The van der Waals surface area contributed by atoms with Crippen LogP contribution in [-0.4, -0.2) is 39.8 Å². The first-order valence-corrected chi connectivity index (χ1v) is 10.1. The second-order valence-electron chi connectivity index (χ2n) is 8.10. The summed E-state index contributed by atoms with van der Waals surface area (Å²) in [4.78, 5) is 34.9. The number of aryl methyl sites for hydroxylation is 1. The van der Waals surface area contributed by atoms with Crippen LogP contribution in [0.5, 0.6) is 0 Å². The van der Waals surface area contributed by atoms with Crippen molar-refractivity contribution in [1.82, 2.24) is 20.2 Å². The number of aromatic nitrogens is 2. The van der Waals surface area contributed by atoms with E-state index in [1.807, 2.05) is 30.9 Å². The molecule has 2 N–H and O–H groups in total. The molecule has 27 heavy (non-hydrogen) atoms. The molecule has 1 saturated carbocycles. The lowest BCUT2D eigenvalue weighted by Gasteiger charge is -2.36. The molecule has 6 heteroatoms. The molecule has 2 aromatic rings. The minimum Gasteiger partial charge on any atom is -0.346 e. The summed E-state index contributed by atoms with van der Waals surface area (Å²) in [6.07, 6.45) is 4.74. The monoisotopic (exact) mass is 368 g/mol. The highest BCUT2D eigenvalue weighted by atomic mass is 16.2. The number of carbonyl (C=O) groups is 2. The van der Waals surface area contributed by atoms with Crippen LogP contribution in [0.25, 0.3) is 11.0 Å². The Morgan fingerprint density at radius 2 is 1.93 bits per heavy atom. The highest BCUT2D eigenvalue weighted by Gasteiger charge is 2.33. The molecule has 1 unspecified atom stereocenters. The summed E-state index contributed by atoms with van der Waals surface area (Å²) in [5.41, 5.74) is 3.09. The van der Waals surface area contributed by atoms with Gasteiger partial charge in [-0.3, -0.25) is 9.59 Å². The summed E-state index contributed by atoms with van der Waals surface area (Å²) in [6.45, 7) is 5.41. The molecule has 2 amide bonds. The zero-order chi connectivity index (χ0) is 19.0. The number of amides is 2. The molecule has 2 heterocycles. The number of hydrogen-bond acceptors (Lipinski definition) is 3. The van der Waals surface area contributed by atoms with E-state index in [2.05, 4.69) is 21.4 Å². The van der Waals surface area contributed by atoms with Crippen molar-refractivity contribution in [3.05, 3.63) is 29.6 Å². The first-order chi connectivity index (χ1) is 13.0. The average molecular weight is 368 g/mol. The minimum absolute atomic E-state index is 0.0236. The number of fused-ring (bicyclic) bond motifs is 1. The van der Waals surface area contributed by atoms with Gasteiger partial charge in [0, 0.05) is 24.9 Å². The van der Waals surface area contributed by atoms with Crippen LogP contribution in [0.2, 0.25) is 0 Å². The highest BCUT2D eigenvalue weighted by Crippen LogP contribution is 2.30. The van der Waals surface area contributed by atoms with Gasteiger partial charge >= 0.3 is 0 Å². The summed E-state index contributed by atoms with van der Waals surface area (Å²) in [6, 6.07) is 5.93. The van der Waals surface area contributed by atoms with Crippen molar-refractivity contribution >= 4 is 22.8 Å². The van der Waals surface area contributed by atoms with Crippen LogP contribution in [0.1, 0.15) is 56.5 Å². The maximum Gasteiger partial charge on any atom is 0.225 e. The number of benzene rings is 1. The van der Waals surface area contributed by atoms with Gasteiger partial charge in [0.25, 0.3) is 0 Å². The molecule has 1 aliphatic carbocycles. The van der Waals surface area contributed by atoms with Gasteiger partial charge in [0.1, 0.15) is 5.82 Å². The first-order valence-electron chi connectivity index (χ1n) is 10.1. The van der Waals surface area contributed by atoms with Crippen LogP contribution in [0, 0.1) is 18.8 Å². The lowest BCUT2D eigenvalue weighted by atomic mass is 9.83. The zero-order valence-electron chi connectivity index (χ0n) is 16.1. The number of imidazole rings is 1. The Bertz CT molecular complexity index is 847. The van der Waals surface area contributed by atoms with Gasteiger partial charge in [0.2, 0.25) is 11.8 Å². The van der Waals surface area contributed by atoms with E-state index in [1.165, 1.54) is 12.0 Å². The molecular formula is C21H28N4O2. The molecule has 0 bridgehead atoms. The summed E-state index contributed by atoms with van der Waals surface area (Å²) < 4.78 is 0. The molecule has 1 aliphatic heterocycles. The highest BCUT2D eigenvalue weighted by molar-refractivity contribution is 5.82. The second-order valence-corrected chi connectivity index (χ2v) is 8.10. The summed E-state index contributed by atoms with van der Waals surface area (Å²) in [5.74, 6) is 1.36. The van der Waals surface area contributed by atoms with Gasteiger partial charge in [0.15, 0.2) is 0 Å². The largest absolute Gasteiger partial charge is 0.346 e. The number of piperidine rings is 1. The van der Waals surface area contributed by atoms with Crippen molar-refractivity contribution < 1.29 is 9.59 Å². The predicted molar refractivity (Wildman–Crippen MR) is 104 cm³/mol. The van der Waals surface area contributed by atoms with E-state index in [-0.39, 0.29) is 23.8 Å². The molecule has 1 aromatic heterocycles. The molecular weight excluding hydrogens is 340 g/mol. The van der Waals surface area contributed by atoms with Crippen LogP contribution < -0.4 is 5.32 Å². The van der Waals surface area contributed by atoms with Gasteiger partial charge in [-0.05, 0) is 57.2 Å². The van der Waals surface area contributed by atoms with Gasteiger partial charge in [-0.2, -0.15) is 0 Å². The van der Waals surface area contributed by atoms with Crippen molar-refractivity contribution in [2.75, 3.05) is 13.1 Å². The number of nitrogens with one attached hydrogen (secondary N) is 2. The molecule has 1 saturated heterocycles. The quantitative estimate of drug-likeness (QED) is 0.870. The number of rotatable bonds is 4. The Kier molecular flexibility index (Phi) is 4.89. The number of nitrogens with zero attached hydrogens (tertiary/aromatic N) is 2. The van der Waals surface area contributed by atoms with E-state index in [4.69, 9.17) is 0 Å². The van der Waals surface area contributed by atoms with Crippen molar-refractivity contribution in [1.29, 1.82) is 0 Å². The maximum absolute atomic E-state index is 12.7. The third-order valence-electron chi connectivity index (χ3n) is 6.06. The molecule has 2 aliphatic rings. The number of hydrogen-bond donors (Lipinski definition) is 2. The van der Waals surface area contributed by atoms with Crippen LogP contribution >= 0.6 is 0 Å². The van der Waals surface area contributed by atoms with E-state index in [0.29, 0.717) is 19.0 Å². The summed E-state index contributed by atoms with van der Waals surface area (Å²) in [5, 5.41) is 3.09. The first kappa shape index (κ1) is 18.0. The Balaban J connectivity index is 1.32. The summed E-state index contributed by atoms with van der Waals surface area (Å²) in [7, 11) is 0. The van der Waals surface area contributed by atoms with Crippen molar-refractivity contribution in [3.63, 3.8) is 0 Å². The van der Waals surface area contributed by atoms with Crippen LogP contribution in [0.3, 0.4) is 0 Å². The topological polar surface area (TPSA) is 78.1 Å². The predicted octanol–water partition coefficient (Wildman–Crippen LogP) is 3.09. The van der Waals surface area contributed by atoms with E-state index in [0.717, 1.165) is 42.5 Å². The third-order valence-corrected chi connectivity index (χ3v) is 6.06. The molecule has 1 aromatic carbocycles. The minimum atomic E-state index is -0.167. The smallest absolute Gasteiger partial charge is 0.225 e. The fraction of sp³-hybridized carbons (Fsp3) is 0.571. The fourth-order valence-electron chi connectivity index (χ4n) is 4.02. The zero-order valence-corrected chi connectivity index (χ0v) is 16.1. The molecule has 6 nitrogen and oxygen atoms in total. The Morgan fingerprint density at radius 1 is 1.19 bits per heavy atom. The lowest BCUT2D eigenvalue weighted by Crippen LogP contribution is -2.46. The van der Waals surface area contributed by atoms with Gasteiger partial charge in [-0.1, -0.05) is 12.5 Å². The van der Waals surface area contributed by atoms with Gasteiger partial charge in [-0.15, -0.1) is 0 Å². The maximum atomic E-state index is 12.7. The number of aromatic amines is 1. The molecule has 2 fully saturated rings. The fourth-order valence-corrected chi connectivity index (χ4v) is 4.02. The molecule has 1 atom stereocenters. The second kappa shape index (κ2) is 7.33. The van der Waals surface area contributed by atoms with Gasteiger partial charge in [-0.25, -0.2) is 4.98 Å². The van der Waals surface area contributed by atoms with E-state index >= 15 is 0 Å². The van der Waals surface area contributed by atoms with Gasteiger partial charge in [0.05, 0.1) is 17.1 Å². The van der Waals surface area contributed by atoms with E-state index in [1.54, 1.807) is 0 Å². The molecule has 144 valence electrons. The van der Waals surface area contributed by atoms with E-state index < -0.39 is 0 Å². The standard InChI is InChI=1S/C21H28N4O2/c1-13-6-7-17-18(12-13)24-19(23-17)14(2)22-20(26)15-8-10-25(11-9-15)21(27)16-4-3-5-16/h6-7,12,14-16H,3-5,8-11H2,1-2H3,(H,22,26)(H,23,24). The van der Waals surface area contributed by atoms with Crippen molar-refractivity contribution in [3.8, 4) is 0 Å². The molecule has 4 rings (SSSR count). The van der Waals surface area contributed by atoms with Crippen molar-refractivity contribution in [2.45, 2.75) is 52.0 Å². The Hall–Kier alpha value is -2.37. The van der Waals surface area contributed by atoms with Crippen LogP contribution in [-0.2, 0) is 9.59 Å². The number of H-pyrrole nitrogens is 1. The Labute approximate surface area is 159 Å². The summed E-state index contributed by atoms with van der Waals surface area (Å²) >= 11 is 0. The normalized spacial score (nSPS) is 19.7. The molecule has 0 radical (unpaired) electrons. The average Bonchev–Trinajstić information content (AvgIpc) is 3.03. The lowest BCUT2D eigenvalue weighted by molar-refractivity contribution is -0.141. The number of carbonyl (C=O) groups excluding carboxylic acids is 2. The Morgan fingerprint density at radius 3 is 2.59 bits per heavy atom. The van der Waals surface area contributed by atoms with Crippen LogP contribution in [0.4, 0.5) is 0 Å². The van der Waals surface area contributed by atoms with Crippen LogP contribution in [0.15, 0.2) is 18.2 Å².